The van der Waals surface area contributed by atoms with Gasteiger partial charge in [-0.15, -0.1) is 0 Å². The van der Waals surface area contributed by atoms with E-state index in [0.29, 0.717) is 12.4 Å². The number of hydrogen-bond acceptors (Lipinski definition) is 6. The molecule has 0 saturated heterocycles. The SMILES string of the molecule is COc1ccc([C@H]2C3=C(CC(C)(C)CC3=O)Nc3nnnn32)cc1. The van der Waals surface area contributed by atoms with Crippen LogP contribution in [-0.2, 0) is 4.79 Å². The first kappa shape index (κ1) is 14.9. The van der Waals surface area contributed by atoms with Crippen molar-refractivity contribution in [1.29, 1.82) is 0 Å². The molecule has 1 aromatic carbocycles. The number of hydrogen-bond donors (Lipinski definition) is 1. The monoisotopic (exact) mass is 325 g/mol. The molecule has 0 saturated carbocycles. The van der Waals surface area contributed by atoms with Crippen LogP contribution in [0.25, 0.3) is 0 Å². The molecule has 0 radical (unpaired) electrons. The summed E-state index contributed by atoms with van der Waals surface area (Å²) in [5.41, 5.74) is 2.59. The second kappa shape index (κ2) is 5.15. The van der Waals surface area contributed by atoms with Gasteiger partial charge < -0.3 is 10.1 Å². The number of benzene rings is 1. The summed E-state index contributed by atoms with van der Waals surface area (Å²) in [7, 11) is 1.63. The molecule has 2 aliphatic rings. The second-order valence-electron chi connectivity index (χ2n) is 7.08. The van der Waals surface area contributed by atoms with Crippen LogP contribution < -0.4 is 10.1 Å². The van der Waals surface area contributed by atoms with Crippen LogP contribution in [0.4, 0.5) is 5.95 Å². The third kappa shape index (κ3) is 2.28. The number of aromatic nitrogens is 4. The number of allylic oxidation sites excluding steroid dienone is 2. The highest BCUT2D eigenvalue weighted by atomic mass is 16.5. The molecule has 0 unspecified atom stereocenters. The van der Waals surface area contributed by atoms with Crippen molar-refractivity contribution in [1.82, 2.24) is 20.2 Å². The molecular formula is C17H19N5O2. The Morgan fingerprint density at radius 2 is 2.00 bits per heavy atom. The summed E-state index contributed by atoms with van der Waals surface area (Å²) in [6.07, 6.45) is 1.32. The fraction of sp³-hybridized carbons (Fsp3) is 0.412. The van der Waals surface area contributed by atoms with E-state index in [9.17, 15) is 4.79 Å². The Kier molecular flexibility index (Phi) is 3.19. The van der Waals surface area contributed by atoms with Crippen LogP contribution >= 0.6 is 0 Å². The van der Waals surface area contributed by atoms with Crippen LogP contribution in [0.2, 0.25) is 0 Å². The maximum atomic E-state index is 12.9. The third-order valence-electron chi connectivity index (χ3n) is 4.63. The van der Waals surface area contributed by atoms with Gasteiger partial charge in [0, 0.05) is 17.7 Å². The molecule has 1 aliphatic heterocycles. The number of tetrazole rings is 1. The normalized spacial score (nSPS) is 21.8. The molecular weight excluding hydrogens is 306 g/mol. The highest BCUT2D eigenvalue weighted by Crippen LogP contribution is 2.45. The summed E-state index contributed by atoms with van der Waals surface area (Å²) in [6.45, 7) is 4.21. The molecule has 2 aromatic rings. The number of carbonyl (C=O) groups excluding carboxylic acids is 1. The lowest BCUT2D eigenvalue weighted by Crippen LogP contribution is -2.36. The minimum atomic E-state index is -0.305. The molecule has 1 aliphatic carbocycles. The summed E-state index contributed by atoms with van der Waals surface area (Å²) in [5, 5.41) is 15.2. The van der Waals surface area contributed by atoms with Gasteiger partial charge in [0.1, 0.15) is 11.8 Å². The van der Waals surface area contributed by atoms with Crippen LogP contribution in [0.3, 0.4) is 0 Å². The second-order valence-corrected chi connectivity index (χ2v) is 7.08. The number of ketones is 1. The van der Waals surface area contributed by atoms with Gasteiger partial charge in [0.05, 0.1) is 7.11 Å². The van der Waals surface area contributed by atoms with Crippen molar-refractivity contribution in [2.24, 2.45) is 5.41 Å². The van der Waals surface area contributed by atoms with E-state index in [-0.39, 0.29) is 17.2 Å². The minimum Gasteiger partial charge on any atom is -0.497 e. The first-order valence-corrected chi connectivity index (χ1v) is 7.93. The number of methoxy groups -OCH3 is 1. The smallest absolute Gasteiger partial charge is 0.248 e. The van der Waals surface area contributed by atoms with E-state index < -0.39 is 0 Å². The number of ether oxygens (including phenoxy) is 1. The van der Waals surface area contributed by atoms with Gasteiger partial charge in [-0.05, 0) is 40.0 Å². The van der Waals surface area contributed by atoms with Crippen molar-refractivity contribution in [2.45, 2.75) is 32.7 Å². The molecule has 24 heavy (non-hydrogen) atoms. The van der Waals surface area contributed by atoms with E-state index in [1.165, 1.54) is 0 Å². The third-order valence-corrected chi connectivity index (χ3v) is 4.63. The zero-order chi connectivity index (χ0) is 16.9. The van der Waals surface area contributed by atoms with E-state index in [1.54, 1.807) is 11.8 Å². The lowest BCUT2D eigenvalue weighted by Gasteiger charge is -2.37. The van der Waals surface area contributed by atoms with Gasteiger partial charge in [-0.1, -0.05) is 31.1 Å². The Morgan fingerprint density at radius 3 is 2.71 bits per heavy atom. The molecule has 0 amide bonds. The van der Waals surface area contributed by atoms with Crippen LogP contribution in [0.1, 0.15) is 38.3 Å². The molecule has 1 aromatic heterocycles. The number of fused-ring (bicyclic) bond motifs is 1. The fourth-order valence-corrected chi connectivity index (χ4v) is 3.56. The van der Waals surface area contributed by atoms with Gasteiger partial charge in [0.25, 0.3) is 0 Å². The number of Topliss-reactive ketones (excluding diaryl/α,β-unsaturated/α-hetero) is 1. The predicted molar refractivity (Wildman–Crippen MR) is 87.6 cm³/mol. The fourth-order valence-electron chi connectivity index (χ4n) is 3.56. The Morgan fingerprint density at radius 1 is 1.25 bits per heavy atom. The Bertz CT molecular complexity index is 835. The average Bonchev–Trinajstić information content (AvgIpc) is 3.00. The highest BCUT2D eigenvalue weighted by Gasteiger charge is 2.41. The number of nitrogens with one attached hydrogen (secondary N) is 1. The Hall–Kier alpha value is -2.70. The van der Waals surface area contributed by atoms with Crippen LogP contribution in [-0.4, -0.2) is 33.1 Å². The van der Waals surface area contributed by atoms with Crippen molar-refractivity contribution in [3.05, 3.63) is 41.1 Å². The molecule has 2 heterocycles. The number of anilines is 1. The zero-order valence-corrected chi connectivity index (χ0v) is 13.9. The van der Waals surface area contributed by atoms with Crippen LogP contribution in [0, 0.1) is 5.41 Å². The van der Waals surface area contributed by atoms with Gasteiger partial charge in [0.2, 0.25) is 5.95 Å². The van der Waals surface area contributed by atoms with Crippen molar-refractivity contribution in [2.75, 3.05) is 12.4 Å². The molecule has 4 rings (SSSR count). The first-order chi connectivity index (χ1) is 11.5. The molecule has 1 atom stereocenters. The van der Waals surface area contributed by atoms with Crippen molar-refractivity contribution in [3.8, 4) is 5.75 Å². The first-order valence-electron chi connectivity index (χ1n) is 7.93. The predicted octanol–water partition coefficient (Wildman–Crippen LogP) is 2.34. The van der Waals surface area contributed by atoms with Gasteiger partial charge in [-0.2, -0.15) is 4.68 Å². The van der Waals surface area contributed by atoms with E-state index in [4.69, 9.17) is 4.74 Å². The maximum Gasteiger partial charge on any atom is 0.248 e. The lowest BCUT2D eigenvalue weighted by molar-refractivity contribution is -0.118. The van der Waals surface area contributed by atoms with Gasteiger partial charge in [-0.3, -0.25) is 4.79 Å². The van der Waals surface area contributed by atoms with Gasteiger partial charge >= 0.3 is 0 Å². The molecule has 124 valence electrons. The van der Waals surface area contributed by atoms with E-state index >= 15 is 0 Å². The van der Waals surface area contributed by atoms with E-state index in [1.807, 2.05) is 24.3 Å². The van der Waals surface area contributed by atoms with Crippen molar-refractivity contribution < 1.29 is 9.53 Å². The van der Waals surface area contributed by atoms with Crippen LogP contribution in [0.15, 0.2) is 35.5 Å². The molecule has 7 heteroatoms. The zero-order valence-electron chi connectivity index (χ0n) is 13.9. The number of carbonyl (C=O) groups is 1. The summed E-state index contributed by atoms with van der Waals surface area (Å²) in [5.74, 6) is 1.49. The molecule has 7 nitrogen and oxygen atoms in total. The van der Waals surface area contributed by atoms with E-state index in [0.717, 1.165) is 29.0 Å². The lowest BCUT2D eigenvalue weighted by atomic mass is 9.73. The number of nitrogens with zero attached hydrogens (tertiary/aromatic N) is 4. The van der Waals surface area contributed by atoms with Crippen molar-refractivity contribution >= 4 is 11.7 Å². The summed E-state index contributed by atoms with van der Waals surface area (Å²) >= 11 is 0. The molecule has 0 bridgehead atoms. The Labute approximate surface area is 139 Å². The summed E-state index contributed by atoms with van der Waals surface area (Å²) < 4.78 is 6.91. The van der Waals surface area contributed by atoms with Crippen molar-refractivity contribution in [3.63, 3.8) is 0 Å². The quantitative estimate of drug-likeness (QED) is 0.912. The minimum absolute atomic E-state index is 0.0665. The molecule has 0 spiro atoms. The highest BCUT2D eigenvalue weighted by molar-refractivity contribution is 6.00. The topological polar surface area (TPSA) is 81.9 Å². The van der Waals surface area contributed by atoms with E-state index in [2.05, 4.69) is 34.7 Å². The van der Waals surface area contributed by atoms with Crippen LogP contribution in [0.5, 0.6) is 5.75 Å². The summed E-state index contributed by atoms with van der Waals surface area (Å²) in [4.78, 5) is 12.9. The van der Waals surface area contributed by atoms with Gasteiger partial charge in [0.15, 0.2) is 5.78 Å². The largest absolute Gasteiger partial charge is 0.497 e. The number of rotatable bonds is 2. The molecule has 0 fully saturated rings. The Balaban J connectivity index is 1.86. The average molecular weight is 325 g/mol. The standard InChI is InChI=1S/C17H19N5O2/c1-17(2)8-12-14(13(23)9-17)15(22-16(18-12)19-20-21-22)10-4-6-11(24-3)7-5-10/h4-7,15H,8-9H2,1-3H3,(H,18,19,21)/t15-/m0/s1. The maximum absolute atomic E-state index is 12.9. The summed E-state index contributed by atoms with van der Waals surface area (Å²) in [6, 6.07) is 7.38. The molecule has 1 N–H and O–H groups in total. The van der Waals surface area contributed by atoms with Gasteiger partial charge in [-0.25, -0.2) is 0 Å².